The number of nitrogens with one attached hydrogen (secondary N) is 1. The van der Waals surface area contributed by atoms with Crippen molar-refractivity contribution in [3.8, 4) is 5.75 Å². The van der Waals surface area contributed by atoms with Gasteiger partial charge in [0.1, 0.15) is 5.75 Å². The van der Waals surface area contributed by atoms with Crippen LogP contribution < -0.4 is 15.0 Å². The number of ether oxygens (including phenoxy) is 2. The van der Waals surface area contributed by atoms with E-state index >= 15 is 0 Å². The number of unbranched alkanes of at least 4 members (excludes halogenated alkanes) is 5. The van der Waals surface area contributed by atoms with Gasteiger partial charge in [-0.3, -0.25) is 4.79 Å². The molecule has 6 heteroatoms. The molecule has 1 N–H and O–H groups in total. The number of benzene rings is 2. The molecule has 4 rings (SSSR count). The first-order valence-electron chi connectivity index (χ1n) is 17.5. The lowest BCUT2D eigenvalue weighted by molar-refractivity contribution is -0.145. The van der Waals surface area contributed by atoms with Gasteiger partial charge in [-0.2, -0.15) is 0 Å². The summed E-state index contributed by atoms with van der Waals surface area (Å²) in [6, 6.07) is 15.3. The van der Waals surface area contributed by atoms with Gasteiger partial charge in [0, 0.05) is 59.1 Å². The predicted octanol–water partition coefficient (Wildman–Crippen LogP) is 8.90. The van der Waals surface area contributed by atoms with E-state index in [1.54, 1.807) is 0 Å². The number of para-hydroxylation sites is 1. The van der Waals surface area contributed by atoms with Gasteiger partial charge in [-0.05, 0) is 65.6 Å². The minimum Gasteiger partial charge on any atom is -0.493 e. The average molecular weight is 604 g/mol. The van der Waals surface area contributed by atoms with Gasteiger partial charge in [-0.1, -0.05) is 76.1 Å². The van der Waals surface area contributed by atoms with Crippen molar-refractivity contribution in [2.75, 3.05) is 37.7 Å². The number of rotatable bonds is 14. The smallest absolute Gasteiger partial charge is 0.308 e. The highest BCUT2D eigenvalue weighted by Crippen LogP contribution is 2.46. The van der Waals surface area contributed by atoms with Gasteiger partial charge in [-0.15, -0.1) is 0 Å². The Balaban J connectivity index is 1.92. The first-order chi connectivity index (χ1) is 21.5. The number of cyclic esters (lactones) is 1. The molecule has 1 aliphatic rings. The molecule has 1 saturated heterocycles. The Morgan fingerprint density at radius 1 is 0.932 bits per heavy atom. The standard InChI is InChI=1S/C38H57N3O3/c1-6-10-11-12-14-19-26-41-30(5)37(32-21-16-17-22-34(32)41)38(29-36(42)44-27-20-15-13-18-25-39-38)33-24-23-31(40(7-2)8-3)28-35(33)43-9-4/h16-17,21-24,28,39H,6-15,18-20,25-27,29H2,1-5H3. The van der Waals surface area contributed by atoms with E-state index in [0.717, 1.165) is 75.3 Å². The molecule has 1 aliphatic heterocycles. The molecule has 0 amide bonds. The zero-order chi connectivity index (χ0) is 31.4. The molecule has 3 aromatic rings. The van der Waals surface area contributed by atoms with Crippen LogP contribution in [0.3, 0.4) is 0 Å². The predicted molar refractivity (Wildman–Crippen MR) is 184 cm³/mol. The Kier molecular flexibility index (Phi) is 13.0. The van der Waals surface area contributed by atoms with Gasteiger partial charge < -0.3 is 24.3 Å². The molecule has 0 spiro atoms. The Labute approximate surface area is 266 Å². The Hall–Kier alpha value is -2.99. The average Bonchev–Trinajstić information content (AvgIpc) is 3.29. The minimum atomic E-state index is -0.802. The van der Waals surface area contributed by atoms with E-state index < -0.39 is 5.54 Å². The molecule has 2 aromatic carbocycles. The Morgan fingerprint density at radius 2 is 1.68 bits per heavy atom. The van der Waals surface area contributed by atoms with Gasteiger partial charge in [0.25, 0.3) is 0 Å². The number of carbonyl (C=O) groups is 1. The number of aryl methyl sites for hydroxylation is 1. The SMILES string of the molecule is CCCCCCCCn1c(C)c(C2(c3ccc(N(CC)CC)cc3OCC)CC(=O)OCCCCCCN2)c2ccccc21. The van der Waals surface area contributed by atoms with Crippen LogP contribution in [0.2, 0.25) is 0 Å². The third-order valence-electron chi connectivity index (χ3n) is 9.42. The van der Waals surface area contributed by atoms with Crippen molar-refractivity contribution in [1.82, 2.24) is 9.88 Å². The highest BCUT2D eigenvalue weighted by molar-refractivity contribution is 5.89. The van der Waals surface area contributed by atoms with Gasteiger partial charge in [0.15, 0.2) is 0 Å². The zero-order valence-corrected chi connectivity index (χ0v) is 28.2. The lowest BCUT2D eigenvalue weighted by Crippen LogP contribution is -2.46. The van der Waals surface area contributed by atoms with Crippen LogP contribution in [0.4, 0.5) is 5.69 Å². The first-order valence-corrected chi connectivity index (χ1v) is 17.5. The van der Waals surface area contributed by atoms with E-state index in [1.165, 1.54) is 54.3 Å². The van der Waals surface area contributed by atoms with Crippen LogP contribution in [0.5, 0.6) is 5.75 Å². The number of esters is 1. The van der Waals surface area contributed by atoms with Crippen molar-refractivity contribution in [3.05, 3.63) is 59.3 Å². The third-order valence-corrected chi connectivity index (χ3v) is 9.42. The van der Waals surface area contributed by atoms with Gasteiger partial charge in [0.05, 0.1) is 25.2 Å². The van der Waals surface area contributed by atoms with Crippen LogP contribution in [0.15, 0.2) is 42.5 Å². The topological polar surface area (TPSA) is 55.7 Å². The van der Waals surface area contributed by atoms with Crippen molar-refractivity contribution in [2.45, 2.75) is 117 Å². The van der Waals surface area contributed by atoms with Crippen LogP contribution >= 0.6 is 0 Å². The number of fused-ring (bicyclic) bond motifs is 1. The van der Waals surface area contributed by atoms with Crippen LogP contribution in [0, 0.1) is 6.92 Å². The molecule has 2 heterocycles. The van der Waals surface area contributed by atoms with E-state index in [1.807, 2.05) is 6.92 Å². The normalized spacial score (nSPS) is 18.2. The molecule has 0 aliphatic carbocycles. The number of hydrogen-bond acceptors (Lipinski definition) is 5. The largest absolute Gasteiger partial charge is 0.493 e. The minimum absolute atomic E-state index is 0.165. The molecular weight excluding hydrogens is 546 g/mol. The highest BCUT2D eigenvalue weighted by Gasteiger charge is 2.43. The molecule has 44 heavy (non-hydrogen) atoms. The summed E-state index contributed by atoms with van der Waals surface area (Å²) >= 11 is 0. The summed E-state index contributed by atoms with van der Waals surface area (Å²) in [5.41, 5.74) is 4.96. The van der Waals surface area contributed by atoms with Gasteiger partial charge in [0.2, 0.25) is 0 Å². The number of anilines is 1. The van der Waals surface area contributed by atoms with Crippen molar-refractivity contribution < 1.29 is 14.3 Å². The summed E-state index contributed by atoms with van der Waals surface area (Å²) in [6.07, 6.45) is 11.9. The molecule has 6 nitrogen and oxygen atoms in total. The lowest BCUT2D eigenvalue weighted by atomic mass is 9.77. The van der Waals surface area contributed by atoms with E-state index in [9.17, 15) is 4.79 Å². The summed E-state index contributed by atoms with van der Waals surface area (Å²) in [6.45, 7) is 15.6. The second-order valence-electron chi connectivity index (χ2n) is 12.3. The molecule has 0 bridgehead atoms. The van der Waals surface area contributed by atoms with E-state index in [-0.39, 0.29) is 12.4 Å². The van der Waals surface area contributed by atoms with Gasteiger partial charge in [-0.25, -0.2) is 0 Å². The zero-order valence-electron chi connectivity index (χ0n) is 28.2. The number of aromatic nitrogens is 1. The van der Waals surface area contributed by atoms with E-state index in [0.29, 0.717) is 13.2 Å². The Morgan fingerprint density at radius 3 is 2.45 bits per heavy atom. The van der Waals surface area contributed by atoms with Crippen molar-refractivity contribution >= 4 is 22.6 Å². The number of hydrogen-bond donors (Lipinski definition) is 1. The van der Waals surface area contributed by atoms with Crippen molar-refractivity contribution in [2.24, 2.45) is 0 Å². The molecule has 0 saturated carbocycles. The van der Waals surface area contributed by atoms with Crippen LogP contribution in [-0.2, 0) is 21.6 Å². The quantitative estimate of drug-likeness (QED) is 0.147. The summed E-state index contributed by atoms with van der Waals surface area (Å²) in [4.78, 5) is 16.1. The molecule has 242 valence electrons. The fourth-order valence-corrected chi connectivity index (χ4v) is 7.13. The van der Waals surface area contributed by atoms with E-state index in [4.69, 9.17) is 9.47 Å². The first kappa shape index (κ1) is 33.9. The molecule has 1 atom stereocenters. The van der Waals surface area contributed by atoms with Crippen LogP contribution in [0.25, 0.3) is 10.9 Å². The third kappa shape index (κ3) is 7.80. The second kappa shape index (κ2) is 16.9. The Bertz CT molecular complexity index is 1330. The molecule has 1 fully saturated rings. The highest BCUT2D eigenvalue weighted by atomic mass is 16.5. The molecular formula is C38H57N3O3. The lowest BCUT2D eigenvalue weighted by Gasteiger charge is -2.37. The maximum Gasteiger partial charge on any atom is 0.308 e. The summed E-state index contributed by atoms with van der Waals surface area (Å²) in [5.74, 6) is 0.668. The molecule has 1 aromatic heterocycles. The van der Waals surface area contributed by atoms with Crippen LogP contribution in [0.1, 0.15) is 115 Å². The van der Waals surface area contributed by atoms with Crippen molar-refractivity contribution in [3.63, 3.8) is 0 Å². The summed E-state index contributed by atoms with van der Waals surface area (Å²) in [7, 11) is 0. The van der Waals surface area contributed by atoms with Gasteiger partial charge >= 0.3 is 5.97 Å². The maximum absolute atomic E-state index is 13.7. The fraction of sp³-hybridized carbons (Fsp3) is 0.605. The maximum atomic E-state index is 13.7. The number of carbonyl (C=O) groups excluding carboxylic acids is 1. The monoisotopic (exact) mass is 603 g/mol. The molecule has 1 unspecified atom stereocenters. The fourth-order valence-electron chi connectivity index (χ4n) is 7.13. The molecule has 0 radical (unpaired) electrons. The van der Waals surface area contributed by atoms with E-state index in [2.05, 4.69) is 84.9 Å². The van der Waals surface area contributed by atoms with Crippen LogP contribution in [-0.4, -0.2) is 43.4 Å². The second-order valence-corrected chi connectivity index (χ2v) is 12.3. The summed E-state index contributed by atoms with van der Waals surface area (Å²) < 4.78 is 14.8. The summed E-state index contributed by atoms with van der Waals surface area (Å²) in [5, 5.41) is 5.19. The van der Waals surface area contributed by atoms with Crippen molar-refractivity contribution in [1.29, 1.82) is 0 Å². The number of nitrogens with zero attached hydrogens (tertiary/aromatic N) is 2.